The summed E-state index contributed by atoms with van der Waals surface area (Å²) in [5.41, 5.74) is 3.81. The molecular weight excluding hydrogens is 266 g/mol. The number of pyridine rings is 1. The van der Waals surface area contributed by atoms with Crippen molar-refractivity contribution in [2.45, 2.75) is 33.6 Å². The molecule has 2 aromatic heterocycles. The molecule has 0 aliphatic carbocycles. The number of anilines is 2. The zero-order chi connectivity index (χ0) is 15.6. The Morgan fingerprint density at radius 3 is 2.52 bits per heavy atom. The van der Waals surface area contributed by atoms with Crippen molar-refractivity contribution in [1.82, 2.24) is 15.2 Å². The topological polar surface area (TPSA) is 82.7 Å². The maximum Gasteiger partial charge on any atom is 0.255 e. The highest BCUT2D eigenvalue weighted by atomic mass is 16.1. The third kappa shape index (κ3) is 3.21. The molecule has 1 amide bonds. The molecule has 0 fully saturated rings. The van der Waals surface area contributed by atoms with Crippen molar-refractivity contribution >= 4 is 17.4 Å². The van der Waals surface area contributed by atoms with Crippen molar-refractivity contribution in [3.63, 3.8) is 0 Å². The number of hydrogen-bond donors (Lipinski definition) is 3. The van der Waals surface area contributed by atoms with Gasteiger partial charge in [0.1, 0.15) is 5.82 Å². The lowest BCUT2D eigenvalue weighted by Gasteiger charge is -2.11. The average molecular weight is 287 g/mol. The number of aromatic amines is 1. The lowest BCUT2D eigenvalue weighted by molar-refractivity contribution is 0.102. The van der Waals surface area contributed by atoms with Crippen LogP contribution in [0.2, 0.25) is 0 Å². The molecule has 3 N–H and O–H groups in total. The molecule has 6 heteroatoms. The van der Waals surface area contributed by atoms with Gasteiger partial charge in [-0.1, -0.05) is 13.8 Å². The van der Waals surface area contributed by atoms with Crippen LogP contribution < -0.4 is 10.6 Å². The standard InChI is InChI=1S/C15H21N5O/c1-8(2)12-6-11(7-13(16-5)17-12)15(21)18-14-9(3)19-20-10(14)4/h6-8H,1-5H3,(H,16,17)(H,18,21)(H,19,20). The second kappa shape index (κ2) is 5.95. The summed E-state index contributed by atoms with van der Waals surface area (Å²) in [6.45, 7) is 7.83. The van der Waals surface area contributed by atoms with Crippen LogP contribution in [0.1, 0.15) is 47.2 Å². The van der Waals surface area contributed by atoms with Gasteiger partial charge in [0.05, 0.1) is 17.1 Å². The molecule has 0 spiro atoms. The van der Waals surface area contributed by atoms with Gasteiger partial charge in [0, 0.05) is 18.3 Å². The van der Waals surface area contributed by atoms with Crippen LogP contribution in [0.15, 0.2) is 12.1 Å². The number of nitrogens with one attached hydrogen (secondary N) is 3. The molecule has 2 heterocycles. The molecule has 0 aliphatic rings. The van der Waals surface area contributed by atoms with E-state index in [1.807, 2.05) is 33.8 Å². The number of rotatable bonds is 4. The third-order valence-electron chi connectivity index (χ3n) is 3.32. The third-order valence-corrected chi connectivity index (χ3v) is 3.32. The monoisotopic (exact) mass is 287 g/mol. The summed E-state index contributed by atoms with van der Waals surface area (Å²) in [6.07, 6.45) is 0. The molecule has 2 rings (SSSR count). The SMILES string of the molecule is CNc1cc(C(=O)Nc2c(C)n[nH]c2C)cc(C(C)C)n1. The zero-order valence-electron chi connectivity index (χ0n) is 13.0. The average Bonchev–Trinajstić information content (AvgIpc) is 2.78. The molecule has 21 heavy (non-hydrogen) atoms. The molecule has 0 aliphatic heterocycles. The number of hydrogen-bond acceptors (Lipinski definition) is 4. The summed E-state index contributed by atoms with van der Waals surface area (Å²) in [5, 5.41) is 12.8. The van der Waals surface area contributed by atoms with E-state index in [0.717, 1.165) is 22.8 Å². The lowest BCUT2D eigenvalue weighted by Crippen LogP contribution is -2.14. The minimum atomic E-state index is -0.164. The van der Waals surface area contributed by atoms with Crippen LogP contribution >= 0.6 is 0 Å². The van der Waals surface area contributed by atoms with Gasteiger partial charge in [0.2, 0.25) is 0 Å². The smallest absolute Gasteiger partial charge is 0.255 e. The Morgan fingerprint density at radius 1 is 1.29 bits per heavy atom. The maximum atomic E-state index is 12.5. The van der Waals surface area contributed by atoms with E-state index in [-0.39, 0.29) is 11.8 Å². The fourth-order valence-corrected chi connectivity index (χ4v) is 2.03. The summed E-state index contributed by atoms with van der Waals surface area (Å²) in [6, 6.07) is 3.57. The largest absolute Gasteiger partial charge is 0.373 e. The van der Waals surface area contributed by atoms with E-state index in [9.17, 15) is 4.79 Å². The van der Waals surface area contributed by atoms with Crippen molar-refractivity contribution in [3.05, 3.63) is 34.8 Å². The van der Waals surface area contributed by atoms with Gasteiger partial charge in [-0.3, -0.25) is 9.89 Å². The molecule has 112 valence electrons. The van der Waals surface area contributed by atoms with E-state index in [0.29, 0.717) is 11.4 Å². The first-order valence-corrected chi connectivity index (χ1v) is 6.95. The molecule has 0 bridgehead atoms. The molecule has 2 aromatic rings. The minimum Gasteiger partial charge on any atom is -0.373 e. The van der Waals surface area contributed by atoms with E-state index in [1.165, 1.54) is 0 Å². The van der Waals surface area contributed by atoms with E-state index in [4.69, 9.17) is 0 Å². The van der Waals surface area contributed by atoms with E-state index >= 15 is 0 Å². The highest BCUT2D eigenvalue weighted by Crippen LogP contribution is 2.20. The fraction of sp³-hybridized carbons (Fsp3) is 0.400. The number of carbonyl (C=O) groups is 1. The Bertz CT molecular complexity index is 641. The molecule has 0 unspecified atom stereocenters. The van der Waals surface area contributed by atoms with Gasteiger partial charge in [-0.05, 0) is 31.9 Å². The number of H-pyrrole nitrogens is 1. The molecular formula is C15H21N5O. The normalized spacial score (nSPS) is 10.8. The van der Waals surface area contributed by atoms with Crippen LogP contribution in [-0.4, -0.2) is 28.1 Å². The molecule has 0 atom stereocenters. The molecule has 0 saturated heterocycles. The van der Waals surface area contributed by atoms with Crippen molar-refractivity contribution in [2.24, 2.45) is 0 Å². The fourth-order valence-electron chi connectivity index (χ4n) is 2.03. The highest BCUT2D eigenvalue weighted by molar-refractivity contribution is 6.05. The van der Waals surface area contributed by atoms with Gasteiger partial charge in [0.15, 0.2) is 0 Å². The van der Waals surface area contributed by atoms with Crippen molar-refractivity contribution in [3.8, 4) is 0 Å². The summed E-state index contributed by atoms with van der Waals surface area (Å²) in [5.74, 6) is 0.776. The maximum absolute atomic E-state index is 12.5. The van der Waals surface area contributed by atoms with Gasteiger partial charge < -0.3 is 10.6 Å². The predicted octanol–water partition coefficient (Wildman–Crippen LogP) is 2.84. The first-order valence-electron chi connectivity index (χ1n) is 6.95. The number of carbonyl (C=O) groups excluding carboxylic acids is 1. The Balaban J connectivity index is 2.32. The Kier molecular flexibility index (Phi) is 4.26. The molecule has 0 radical (unpaired) electrons. The highest BCUT2D eigenvalue weighted by Gasteiger charge is 2.15. The van der Waals surface area contributed by atoms with Crippen molar-refractivity contribution < 1.29 is 4.79 Å². The van der Waals surface area contributed by atoms with Crippen LogP contribution in [0, 0.1) is 13.8 Å². The van der Waals surface area contributed by atoms with E-state index in [2.05, 4.69) is 25.8 Å². The van der Waals surface area contributed by atoms with Gasteiger partial charge in [0.25, 0.3) is 5.91 Å². The Hall–Kier alpha value is -2.37. The summed E-state index contributed by atoms with van der Waals surface area (Å²) >= 11 is 0. The first kappa shape index (κ1) is 15.0. The van der Waals surface area contributed by atoms with E-state index in [1.54, 1.807) is 13.1 Å². The van der Waals surface area contributed by atoms with Gasteiger partial charge in [-0.15, -0.1) is 0 Å². The Labute approximate surface area is 124 Å². The van der Waals surface area contributed by atoms with Crippen LogP contribution in [-0.2, 0) is 0 Å². The summed E-state index contributed by atoms with van der Waals surface area (Å²) in [4.78, 5) is 16.9. The Morgan fingerprint density at radius 2 is 2.00 bits per heavy atom. The summed E-state index contributed by atoms with van der Waals surface area (Å²) < 4.78 is 0. The van der Waals surface area contributed by atoms with Gasteiger partial charge in [-0.25, -0.2) is 4.98 Å². The van der Waals surface area contributed by atoms with Crippen molar-refractivity contribution in [2.75, 3.05) is 17.7 Å². The molecule has 0 aromatic carbocycles. The van der Waals surface area contributed by atoms with Gasteiger partial charge in [-0.2, -0.15) is 5.10 Å². The zero-order valence-corrected chi connectivity index (χ0v) is 13.0. The molecule has 0 saturated carbocycles. The first-order chi connectivity index (χ1) is 9.92. The van der Waals surface area contributed by atoms with Crippen molar-refractivity contribution in [1.29, 1.82) is 0 Å². The van der Waals surface area contributed by atoms with E-state index < -0.39 is 0 Å². The second-order valence-corrected chi connectivity index (χ2v) is 5.33. The van der Waals surface area contributed by atoms with Crippen LogP contribution in [0.5, 0.6) is 0 Å². The molecule has 6 nitrogen and oxygen atoms in total. The number of nitrogens with zero attached hydrogens (tertiary/aromatic N) is 2. The van der Waals surface area contributed by atoms with Crippen LogP contribution in [0.25, 0.3) is 0 Å². The number of aryl methyl sites for hydroxylation is 2. The predicted molar refractivity (Wildman–Crippen MR) is 83.9 cm³/mol. The number of aromatic nitrogens is 3. The van der Waals surface area contributed by atoms with Gasteiger partial charge >= 0.3 is 0 Å². The second-order valence-electron chi connectivity index (χ2n) is 5.33. The quantitative estimate of drug-likeness (QED) is 0.807. The minimum absolute atomic E-state index is 0.164. The summed E-state index contributed by atoms with van der Waals surface area (Å²) in [7, 11) is 1.79. The lowest BCUT2D eigenvalue weighted by atomic mass is 10.1. The van der Waals surface area contributed by atoms with Crippen LogP contribution in [0.3, 0.4) is 0 Å². The number of amides is 1. The van der Waals surface area contributed by atoms with Crippen LogP contribution in [0.4, 0.5) is 11.5 Å².